The third kappa shape index (κ3) is 3.74. The number of carboxylic acid groups (broad SMARTS) is 1. The van der Waals surface area contributed by atoms with Gasteiger partial charge in [0.1, 0.15) is 4.83 Å². The van der Waals surface area contributed by atoms with Crippen LogP contribution in [-0.4, -0.2) is 20.6 Å². The van der Waals surface area contributed by atoms with Crippen molar-refractivity contribution in [2.24, 2.45) is 0 Å². The summed E-state index contributed by atoms with van der Waals surface area (Å²) in [7, 11) is 0. The van der Waals surface area contributed by atoms with Crippen LogP contribution in [0.15, 0.2) is 68.4 Å². The van der Waals surface area contributed by atoms with Gasteiger partial charge in [-0.15, -0.1) is 23.1 Å². The summed E-state index contributed by atoms with van der Waals surface area (Å²) in [6.07, 6.45) is 0. The van der Waals surface area contributed by atoms with Crippen molar-refractivity contribution in [3.8, 4) is 5.69 Å². The topological polar surface area (TPSA) is 92.2 Å². The fourth-order valence-electron chi connectivity index (χ4n) is 2.89. The summed E-state index contributed by atoms with van der Waals surface area (Å²) >= 11 is 8.82. The Labute approximate surface area is 177 Å². The SMILES string of the molecule is O=C(O)c1csc2[nH]c(=O)n(-c3cc(SCc4ccccc4)ccc3Cl)c(=O)c12. The van der Waals surface area contributed by atoms with Crippen molar-refractivity contribution in [3.63, 3.8) is 0 Å². The van der Waals surface area contributed by atoms with E-state index in [-0.39, 0.29) is 26.5 Å². The second kappa shape index (κ2) is 7.90. The molecule has 4 rings (SSSR count). The second-order valence-corrected chi connectivity index (χ2v) is 8.45. The molecule has 9 heteroatoms. The van der Waals surface area contributed by atoms with E-state index in [4.69, 9.17) is 11.6 Å². The van der Waals surface area contributed by atoms with Crippen molar-refractivity contribution in [1.29, 1.82) is 0 Å². The van der Waals surface area contributed by atoms with Crippen LogP contribution in [0.5, 0.6) is 0 Å². The number of aromatic nitrogens is 2. The number of aromatic amines is 1. The van der Waals surface area contributed by atoms with E-state index in [1.54, 1.807) is 12.1 Å². The van der Waals surface area contributed by atoms with Crippen LogP contribution in [0.3, 0.4) is 0 Å². The number of thiophene rings is 1. The van der Waals surface area contributed by atoms with Gasteiger partial charge in [0.15, 0.2) is 0 Å². The van der Waals surface area contributed by atoms with E-state index < -0.39 is 17.2 Å². The minimum Gasteiger partial charge on any atom is -0.478 e. The molecule has 0 aliphatic heterocycles. The first-order valence-corrected chi connectivity index (χ1v) is 10.7. The number of benzene rings is 2. The van der Waals surface area contributed by atoms with Crippen LogP contribution in [0.4, 0.5) is 0 Å². The van der Waals surface area contributed by atoms with Gasteiger partial charge in [0.05, 0.1) is 21.7 Å². The fraction of sp³-hybridized carbons (Fsp3) is 0.0500. The van der Waals surface area contributed by atoms with Crippen molar-refractivity contribution in [2.45, 2.75) is 10.6 Å². The Morgan fingerprint density at radius 3 is 2.66 bits per heavy atom. The standard InChI is InChI=1S/C20H13ClN2O4S2/c21-14-7-6-12(28-9-11-4-2-1-3-5-11)8-15(14)23-18(24)16-13(19(25)26)10-29-17(16)22-20(23)27/h1-8,10H,9H2,(H,22,27)(H,25,26). The Balaban J connectivity index is 1.81. The highest BCUT2D eigenvalue weighted by atomic mass is 35.5. The average Bonchev–Trinajstić information content (AvgIpc) is 3.13. The summed E-state index contributed by atoms with van der Waals surface area (Å²) < 4.78 is 0.885. The lowest BCUT2D eigenvalue weighted by molar-refractivity contribution is 0.0699. The molecule has 0 radical (unpaired) electrons. The molecule has 6 nitrogen and oxygen atoms in total. The number of nitrogens with zero attached hydrogens (tertiary/aromatic N) is 1. The highest BCUT2D eigenvalue weighted by Gasteiger charge is 2.20. The number of carbonyl (C=O) groups is 1. The van der Waals surface area contributed by atoms with Crippen LogP contribution in [0.1, 0.15) is 15.9 Å². The molecule has 0 saturated heterocycles. The van der Waals surface area contributed by atoms with Crippen molar-refractivity contribution < 1.29 is 9.90 Å². The van der Waals surface area contributed by atoms with Gasteiger partial charge in [-0.25, -0.2) is 14.2 Å². The van der Waals surface area contributed by atoms with Crippen molar-refractivity contribution in [1.82, 2.24) is 9.55 Å². The van der Waals surface area contributed by atoms with Gasteiger partial charge in [-0.05, 0) is 23.8 Å². The Morgan fingerprint density at radius 2 is 1.93 bits per heavy atom. The molecule has 2 N–H and O–H groups in total. The van der Waals surface area contributed by atoms with Crippen LogP contribution < -0.4 is 11.2 Å². The van der Waals surface area contributed by atoms with Gasteiger partial charge >= 0.3 is 11.7 Å². The van der Waals surface area contributed by atoms with Gasteiger partial charge in [-0.2, -0.15) is 0 Å². The Morgan fingerprint density at radius 1 is 1.17 bits per heavy atom. The first-order chi connectivity index (χ1) is 14.0. The summed E-state index contributed by atoms with van der Waals surface area (Å²) in [5.41, 5.74) is -0.191. The van der Waals surface area contributed by atoms with Crippen LogP contribution in [0.25, 0.3) is 15.9 Å². The molecule has 2 heterocycles. The average molecular weight is 445 g/mol. The molecule has 0 amide bonds. The molecule has 4 aromatic rings. The maximum atomic E-state index is 13.0. The van der Waals surface area contributed by atoms with E-state index in [1.165, 1.54) is 17.1 Å². The van der Waals surface area contributed by atoms with Gasteiger partial charge in [-0.3, -0.25) is 9.78 Å². The minimum absolute atomic E-state index is 0.0412. The summed E-state index contributed by atoms with van der Waals surface area (Å²) in [4.78, 5) is 40.6. The van der Waals surface area contributed by atoms with E-state index in [9.17, 15) is 19.5 Å². The Hall–Kier alpha value is -2.81. The number of hydrogen-bond acceptors (Lipinski definition) is 5. The molecule has 0 bridgehead atoms. The van der Waals surface area contributed by atoms with Gasteiger partial charge in [-0.1, -0.05) is 41.9 Å². The zero-order valence-electron chi connectivity index (χ0n) is 14.7. The molecule has 0 fully saturated rings. The monoisotopic (exact) mass is 444 g/mol. The highest BCUT2D eigenvalue weighted by Crippen LogP contribution is 2.29. The lowest BCUT2D eigenvalue weighted by atomic mass is 10.2. The highest BCUT2D eigenvalue weighted by molar-refractivity contribution is 7.98. The third-order valence-corrected chi connectivity index (χ3v) is 6.55. The maximum Gasteiger partial charge on any atom is 0.337 e. The van der Waals surface area contributed by atoms with E-state index in [2.05, 4.69) is 4.98 Å². The molecule has 146 valence electrons. The van der Waals surface area contributed by atoms with Crippen molar-refractivity contribution in [3.05, 3.63) is 90.9 Å². The van der Waals surface area contributed by atoms with Gasteiger partial charge in [0, 0.05) is 16.0 Å². The number of hydrogen-bond donors (Lipinski definition) is 2. The minimum atomic E-state index is -1.23. The number of thioether (sulfide) groups is 1. The van der Waals surface area contributed by atoms with Crippen molar-refractivity contribution >= 4 is 50.9 Å². The molecule has 2 aromatic carbocycles. The van der Waals surface area contributed by atoms with E-state index >= 15 is 0 Å². The van der Waals surface area contributed by atoms with Gasteiger partial charge in [0.2, 0.25) is 0 Å². The predicted octanol–water partition coefficient (Wildman–Crippen LogP) is 4.38. The molecule has 0 aliphatic rings. The number of aromatic carboxylic acids is 1. The fourth-order valence-corrected chi connectivity index (χ4v) is 4.89. The molecule has 0 saturated carbocycles. The molecular weight excluding hydrogens is 432 g/mol. The first kappa shape index (κ1) is 19.5. The third-order valence-electron chi connectivity index (χ3n) is 4.27. The van der Waals surface area contributed by atoms with E-state index in [0.717, 1.165) is 26.4 Å². The molecule has 0 unspecified atom stereocenters. The quantitative estimate of drug-likeness (QED) is 0.445. The molecule has 0 aliphatic carbocycles. The maximum absolute atomic E-state index is 13.0. The molecule has 29 heavy (non-hydrogen) atoms. The van der Waals surface area contributed by atoms with Crippen molar-refractivity contribution in [2.75, 3.05) is 0 Å². The van der Waals surface area contributed by atoms with Crippen LogP contribution in [-0.2, 0) is 5.75 Å². The van der Waals surface area contributed by atoms with E-state index in [1.807, 2.05) is 36.4 Å². The van der Waals surface area contributed by atoms with Crippen LogP contribution in [0.2, 0.25) is 5.02 Å². The number of rotatable bonds is 5. The number of fused-ring (bicyclic) bond motifs is 1. The lowest BCUT2D eigenvalue weighted by Gasteiger charge is -2.10. The smallest absolute Gasteiger partial charge is 0.337 e. The summed E-state index contributed by atoms with van der Waals surface area (Å²) in [6.45, 7) is 0. The Kier molecular flexibility index (Phi) is 5.31. The molecule has 0 atom stereocenters. The largest absolute Gasteiger partial charge is 0.478 e. The summed E-state index contributed by atoms with van der Waals surface area (Å²) in [6, 6.07) is 15.0. The number of halogens is 1. The number of H-pyrrole nitrogens is 1. The number of nitrogens with one attached hydrogen (secondary N) is 1. The van der Waals surface area contributed by atoms with Gasteiger partial charge in [0.25, 0.3) is 5.56 Å². The summed E-state index contributed by atoms with van der Waals surface area (Å²) in [5, 5.41) is 10.9. The zero-order chi connectivity index (χ0) is 20.5. The molecule has 2 aromatic heterocycles. The summed E-state index contributed by atoms with van der Waals surface area (Å²) in [5.74, 6) is -0.523. The predicted molar refractivity (Wildman–Crippen MR) is 116 cm³/mol. The first-order valence-electron chi connectivity index (χ1n) is 8.42. The number of carboxylic acids is 1. The Bertz CT molecular complexity index is 1340. The second-order valence-electron chi connectivity index (χ2n) is 6.12. The van der Waals surface area contributed by atoms with E-state index in [0.29, 0.717) is 5.75 Å². The van der Waals surface area contributed by atoms with Crippen LogP contribution in [0, 0.1) is 0 Å². The van der Waals surface area contributed by atoms with Gasteiger partial charge < -0.3 is 5.11 Å². The molecular formula is C20H13ClN2O4S2. The zero-order valence-corrected chi connectivity index (χ0v) is 17.1. The lowest BCUT2D eigenvalue weighted by Crippen LogP contribution is -2.34. The molecule has 0 spiro atoms. The normalized spacial score (nSPS) is 11.1. The van der Waals surface area contributed by atoms with Crippen LogP contribution >= 0.6 is 34.7 Å².